The molecule has 0 radical (unpaired) electrons. The van der Waals surface area contributed by atoms with Crippen LogP contribution in [0.2, 0.25) is 0 Å². The molecule has 4 saturated carbocycles. The Morgan fingerprint density at radius 3 is 2.17 bits per heavy atom. The molecule has 4 fully saturated rings. The molecule has 170 valence electrons. The van der Waals surface area contributed by atoms with Crippen LogP contribution in [0.5, 0.6) is 5.75 Å². The maximum atomic E-state index is 10.5. The third-order valence-electron chi connectivity index (χ3n) is 7.50. The van der Waals surface area contributed by atoms with Crippen molar-refractivity contribution in [3.8, 4) is 5.75 Å². The largest absolute Gasteiger partial charge is 0.497 e. The first-order valence-electron chi connectivity index (χ1n) is 11.5. The van der Waals surface area contributed by atoms with Gasteiger partial charge in [-0.2, -0.15) is 0 Å². The maximum absolute atomic E-state index is 10.5. The van der Waals surface area contributed by atoms with E-state index in [1.54, 1.807) is 7.11 Å². The van der Waals surface area contributed by atoms with Gasteiger partial charge in [-0.25, -0.2) is 0 Å². The second kappa shape index (κ2) is 9.77. The number of β-amino-alcohol motifs (C(OH)–C–C–N with tert-alkyl or cyclic N) is 1. The molecule has 0 saturated heterocycles. The van der Waals surface area contributed by atoms with E-state index in [4.69, 9.17) is 9.47 Å². The molecule has 0 aliphatic heterocycles. The molecular formula is C25H40ClNO3. The number of rotatable bonds is 10. The fourth-order valence-corrected chi connectivity index (χ4v) is 6.65. The molecule has 0 spiro atoms. The van der Waals surface area contributed by atoms with Crippen LogP contribution in [0.1, 0.15) is 57.9 Å². The minimum Gasteiger partial charge on any atom is -0.497 e. The van der Waals surface area contributed by atoms with Crippen molar-refractivity contribution in [1.82, 2.24) is 5.32 Å². The Labute approximate surface area is 188 Å². The van der Waals surface area contributed by atoms with Crippen LogP contribution in [0.25, 0.3) is 0 Å². The van der Waals surface area contributed by atoms with Gasteiger partial charge in [0, 0.05) is 12.1 Å². The van der Waals surface area contributed by atoms with Crippen LogP contribution < -0.4 is 10.1 Å². The molecule has 4 aliphatic rings. The van der Waals surface area contributed by atoms with Crippen molar-refractivity contribution in [1.29, 1.82) is 0 Å². The van der Waals surface area contributed by atoms with E-state index in [0.29, 0.717) is 18.6 Å². The summed E-state index contributed by atoms with van der Waals surface area (Å²) >= 11 is 0. The van der Waals surface area contributed by atoms with E-state index in [2.05, 4.69) is 31.3 Å². The fourth-order valence-electron chi connectivity index (χ4n) is 6.65. The average molecular weight is 438 g/mol. The molecule has 2 N–H and O–H groups in total. The van der Waals surface area contributed by atoms with Crippen LogP contribution in [0.15, 0.2) is 24.3 Å². The molecule has 4 bridgehead atoms. The Balaban J connectivity index is 0.00000256. The molecule has 5 heteroatoms. The first-order chi connectivity index (χ1) is 13.8. The van der Waals surface area contributed by atoms with Crippen LogP contribution in [-0.2, 0) is 11.2 Å². The number of hydrogen-bond donors (Lipinski definition) is 2. The normalized spacial score (nSPS) is 30.7. The van der Waals surface area contributed by atoms with Crippen molar-refractivity contribution >= 4 is 12.4 Å². The number of hydrogen-bond acceptors (Lipinski definition) is 4. The second-order valence-corrected chi connectivity index (χ2v) is 10.9. The van der Waals surface area contributed by atoms with E-state index in [1.807, 2.05) is 12.1 Å². The Bertz CT molecular complexity index is 640. The van der Waals surface area contributed by atoms with E-state index < -0.39 is 6.10 Å². The fraction of sp³-hybridized carbons (Fsp3) is 0.760. The lowest BCUT2D eigenvalue weighted by Gasteiger charge is -2.56. The van der Waals surface area contributed by atoms with Crippen LogP contribution in [0, 0.1) is 23.2 Å². The molecule has 0 heterocycles. The zero-order valence-corrected chi connectivity index (χ0v) is 19.7. The predicted octanol–water partition coefficient (Wildman–Crippen LogP) is 4.62. The SMILES string of the molecule is COc1ccc(CC(C)(C)NCC(O)COCC23CC4CC(CC(C4)C2)C3)cc1.Cl. The van der Waals surface area contributed by atoms with Crippen LogP contribution >= 0.6 is 12.4 Å². The highest BCUT2D eigenvalue weighted by Crippen LogP contribution is 2.60. The van der Waals surface area contributed by atoms with Gasteiger partial charge in [0.25, 0.3) is 0 Å². The van der Waals surface area contributed by atoms with Crippen LogP contribution in [0.4, 0.5) is 0 Å². The van der Waals surface area contributed by atoms with Gasteiger partial charge in [0.05, 0.1) is 26.4 Å². The van der Waals surface area contributed by atoms with Gasteiger partial charge in [-0.05, 0) is 99.7 Å². The molecule has 4 aliphatic carbocycles. The van der Waals surface area contributed by atoms with Gasteiger partial charge < -0.3 is 19.9 Å². The summed E-state index contributed by atoms with van der Waals surface area (Å²) in [5, 5.41) is 14.0. The van der Waals surface area contributed by atoms with Crippen molar-refractivity contribution in [3.05, 3.63) is 29.8 Å². The Morgan fingerprint density at radius 1 is 1.07 bits per heavy atom. The quantitative estimate of drug-likeness (QED) is 0.560. The summed E-state index contributed by atoms with van der Waals surface area (Å²) in [4.78, 5) is 0. The van der Waals surface area contributed by atoms with Crippen molar-refractivity contribution in [2.45, 2.75) is 70.4 Å². The topological polar surface area (TPSA) is 50.7 Å². The Kier molecular flexibility index (Phi) is 7.76. The third-order valence-corrected chi connectivity index (χ3v) is 7.50. The number of nitrogens with one attached hydrogen (secondary N) is 1. The summed E-state index contributed by atoms with van der Waals surface area (Å²) in [6.45, 7) is 6.21. The first kappa shape index (κ1) is 23.8. The highest BCUT2D eigenvalue weighted by molar-refractivity contribution is 5.85. The summed E-state index contributed by atoms with van der Waals surface area (Å²) in [5.41, 5.74) is 1.60. The molecule has 1 aromatic carbocycles. The zero-order chi connectivity index (χ0) is 20.5. The smallest absolute Gasteiger partial charge is 0.118 e. The van der Waals surface area contributed by atoms with Gasteiger partial charge >= 0.3 is 0 Å². The van der Waals surface area contributed by atoms with E-state index in [1.165, 1.54) is 44.1 Å². The van der Waals surface area contributed by atoms with Gasteiger partial charge in [0.1, 0.15) is 5.75 Å². The van der Waals surface area contributed by atoms with Gasteiger partial charge in [-0.3, -0.25) is 0 Å². The minimum atomic E-state index is -0.459. The average Bonchev–Trinajstić information content (AvgIpc) is 2.66. The number of aliphatic hydroxyl groups is 1. The van der Waals surface area contributed by atoms with Crippen molar-refractivity contribution in [2.75, 3.05) is 26.9 Å². The second-order valence-electron chi connectivity index (χ2n) is 10.9. The van der Waals surface area contributed by atoms with E-state index in [-0.39, 0.29) is 17.9 Å². The molecule has 5 rings (SSSR count). The summed E-state index contributed by atoms with van der Waals surface area (Å²) in [6, 6.07) is 8.21. The van der Waals surface area contributed by atoms with Gasteiger partial charge in [-0.15, -0.1) is 12.4 Å². The molecule has 0 amide bonds. The Morgan fingerprint density at radius 2 is 1.63 bits per heavy atom. The number of methoxy groups -OCH3 is 1. The van der Waals surface area contributed by atoms with E-state index >= 15 is 0 Å². The predicted molar refractivity (Wildman–Crippen MR) is 123 cm³/mol. The number of halogens is 1. The van der Waals surface area contributed by atoms with Crippen LogP contribution in [0.3, 0.4) is 0 Å². The molecule has 0 aromatic heterocycles. The summed E-state index contributed by atoms with van der Waals surface area (Å²) in [6.07, 6.45) is 8.93. The summed E-state index contributed by atoms with van der Waals surface area (Å²) < 4.78 is 11.3. The van der Waals surface area contributed by atoms with Gasteiger partial charge in [-0.1, -0.05) is 12.1 Å². The molecule has 30 heavy (non-hydrogen) atoms. The van der Waals surface area contributed by atoms with Crippen molar-refractivity contribution in [3.63, 3.8) is 0 Å². The lowest BCUT2D eigenvalue weighted by Crippen LogP contribution is -2.49. The van der Waals surface area contributed by atoms with Gasteiger partial charge in [0.2, 0.25) is 0 Å². The minimum absolute atomic E-state index is 0. The highest BCUT2D eigenvalue weighted by atomic mass is 35.5. The monoisotopic (exact) mass is 437 g/mol. The molecule has 1 aromatic rings. The number of ether oxygens (including phenoxy) is 2. The summed E-state index contributed by atoms with van der Waals surface area (Å²) in [5.74, 6) is 3.74. The third kappa shape index (κ3) is 5.91. The standard InChI is InChI=1S/C25H39NO3.ClH/c1-24(2,11-18-4-6-23(28-3)7-5-18)26-15-22(27)16-29-17-25-12-19-8-20(13-25)10-21(9-19)14-25;/h4-7,19-22,26-27H,8-17H2,1-3H3;1H. The van der Waals surface area contributed by atoms with Crippen LogP contribution in [-0.4, -0.2) is 43.6 Å². The van der Waals surface area contributed by atoms with E-state index in [0.717, 1.165) is 36.5 Å². The van der Waals surface area contributed by atoms with Crippen molar-refractivity contribution < 1.29 is 14.6 Å². The van der Waals surface area contributed by atoms with Crippen molar-refractivity contribution in [2.24, 2.45) is 23.2 Å². The lowest BCUT2D eigenvalue weighted by molar-refractivity contribution is -0.105. The summed E-state index contributed by atoms with van der Waals surface area (Å²) in [7, 11) is 1.69. The highest BCUT2D eigenvalue weighted by Gasteiger charge is 2.50. The Hall–Kier alpha value is -0.810. The maximum Gasteiger partial charge on any atom is 0.118 e. The molecule has 4 nitrogen and oxygen atoms in total. The molecule has 1 atom stereocenters. The van der Waals surface area contributed by atoms with Gasteiger partial charge in [0.15, 0.2) is 0 Å². The first-order valence-corrected chi connectivity index (χ1v) is 11.5. The molecular weight excluding hydrogens is 398 g/mol. The number of benzene rings is 1. The van der Waals surface area contributed by atoms with E-state index in [9.17, 15) is 5.11 Å². The zero-order valence-electron chi connectivity index (χ0n) is 18.9. The number of aliphatic hydroxyl groups excluding tert-OH is 1. The lowest BCUT2D eigenvalue weighted by atomic mass is 9.50. The molecule has 1 unspecified atom stereocenters.